The summed E-state index contributed by atoms with van der Waals surface area (Å²) in [7, 11) is 1.69. The molecule has 0 atom stereocenters. The summed E-state index contributed by atoms with van der Waals surface area (Å²) in [6.07, 6.45) is 0.936. The van der Waals surface area contributed by atoms with Gasteiger partial charge < -0.3 is 9.64 Å². The number of piperidine rings is 1. The van der Waals surface area contributed by atoms with Crippen molar-refractivity contribution in [2.24, 2.45) is 0 Å². The molecule has 1 fully saturated rings. The SMILES string of the molecule is C.C.C.CC(C)N1CCC(F)CC1.COc1cccc(C(C)C)c1.[Y]. The normalized spacial score (nSPS) is 14.1. The molecule has 0 saturated carbocycles. The Kier molecular flexibility index (Phi) is 22.8. The zero-order valence-corrected chi connectivity index (χ0v) is 17.5. The zero-order valence-electron chi connectivity index (χ0n) is 14.7. The van der Waals surface area contributed by atoms with Crippen LogP contribution in [0.1, 0.15) is 74.3 Å². The first-order valence-corrected chi connectivity index (χ1v) is 7.96. The average Bonchev–Trinajstić information content (AvgIpc) is 2.48. The van der Waals surface area contributed by atoms with Crippen molar-refractivity contribution in [1.82, 2.24) is 4.90 Å². The fraction of sp³-hybridized carbons (Fsp3) is 0.714. The van der Waals surface area contributed by atoms with E-state index < -0.39 is 6.17 Å². The summed E-state index contributed by atoms with van der Waals surface area (Å²) in [5.41, 5.74) is 1.32. The van der Waals surface area contributed by atoms with Crippen LogP contribution in [0.3, 0.4) is 0 Å². The van der Waals surface area contributed by atoms with Gasteiger partial charge in [0, 0.05) is 51.8 Å². The Bertz CT molecular complexity index is 405. The number of rotatable bonds is 3. The van der Waals surface area contributed by atoms with Gasteiger partial charge in [0.25, 0.3) is 0 Å². The summed E-state index contributed by atoms with van der Waals surface area (Å²) in [5.74, 6) is 1.52. The number of benzene rings is 1. The van der Waals surface area contributed by atoms with E-state index in [1.54, 1.807) is 7.11 Å². The second kappa shape index (κ2) is 17.4. The molecule has 0 N–H and O–H groups in total. The molecule has 0 amide bonds. The Morgan fingerprint density at radius 1 is 1.04 bits per heavy atom. The average molecular weight is 432 g/mol. The Morgan fingerprint density at radius 2 is 1.56 bits per heavy atom. The van der Waals surface area contributed by atoms with Crippen LogP contribution in [0.2, 0.25) is 0 Å². The molecule has 4 heteroatoms. The molecule has 2 rings (SSSR count). The molecule has 1 radical (unpaired) electrons. The maximum Gasteiger partial charge on any atom is 0.119 e. The molecule has 2 nitrogen and oxygen atoms in total. The number of halogens is 1. The molecular formula is C21H42FNOY. The van der Waals surface area contributed by atoms with Crippen LogP contribution in [-0.2, 0) is 32.7 Å². The number of alkyl halides is 1. The molecule has 1 saturated heterocycles. The number of ether oxygens (including phenoxy) is 1. The molecule has 1 heterocycles. The standard InChI is InChI=1S/C10H14O.C8H16FN.3CH4.Y/c1-8(2)9-5-4-6-10(7-9)11-3;1-7(2)10-5-3-8(9)4-6-10;;;;/h4-8H,1-3H3;7-8H,3-6H2,1-2H3;3*1H4;. The van der Waals surface area contributed by atoms with Gasteiger partial charge in [0.1, 0.15) is 11.9 Å². The van der Waals surface area contributed by atoms with Crippen LogP contribution in [0.4, 0.5) is 4.39 Å². The van der Waals surface area contributed by atoms with Gasteiger partial charge in [-0.1, -0.05) is 48.3 Å². The first kappa shape index (κ1) is 32.7. The van der Waals surface area contributed by atoms with Crippen molar-refractivity contribution in [3.05, 3.63) is 29.8 Å². The number of hydrogen-bond donors (Lipinski definition) is 0. The van der Waals surface area contributed by atoms with Gasteiger partial charge in [0.15, 0.2) is 0 Å². The Hall–Kier alpha value is 0.0139. The van der Waals surface area contributed by atoms with E-state index in [0.29, 0.717) is 12.0 Å². The van der Waals surface area contributed by atoms with Crippen LogP contribution in [0.15, 0.2) is 24.3 Å². The summed E-state index contributed by atoms with van der Waals surface area (Å²) in [6.45, 7) is 10.6. The van der Waals surface area contributed by atoms with Crippen LogP contribution < -0.4 is 4.74 Å². The molecule has 0 bridgehead atoms. The fourth-order valence-corrected chi connectivity index (χ4v) is 2.38. The maximum atomic E-state index is 12.6. The van der Waals surface area contributed by atoms with E-state index >= 15 is 0 Å². The Labute approximate surface area is 182 Å². The smallest absolute Gasteiger partial charge is 0.119 e. The molecule has 1 aliphatic heterocycles. The van der Waals surface area contributed by atoms with Crippen LogP contribution in [-0.4, -0.2) is 37.3 Å². The third-order valence-electron chi connectivity index (χ3n) is 3.95. The molecular weight excluding hydrogens is 390 g/mol. The summed E-state index contributed by atoms with van der Waals surface area (Å²) in [4.78, 5) is 2.33. The van der Waals surface area contributed by atoms with Crippen LogP contribution in [0, 0.1) is 0 Å². The summed E-state index contributed by atoms with van der Waals surface area (Å²) >= 11 is 0. The second-order valence-corrected chi connectivity index (χ2v) is 6.24. The Morgan fingerprint density at radius 3 is 1.96 bits per heavy atom. The number of likely N-dealkylation sites (tertiary alicyclic amines) is 1. The van der Waals surface area contributed by atoms with E-state index in [2.05, 4.69) is 44.7 Å². The van der Waals surface area contributed by atoms with Gasteiger partial charge in [-0.15, -0.1) is 0 Å². The van der Waals surface area contributed by atoms with Gasteiger partial charge in [0.2, 0.25) is 0 Å². The van der Waals surface area contributed by atoms with Crippen LogP contribution >= 0.6 is 0 Å². The number of nitrogens with zero attached hydrogens (tertiary/aromatic N) is 1. The summed E-state index contributed by atoms with van der Waals surface area (Å²) < 4.78 is 17.7. The van der Waals surface area contributed by atoms with Gasteiger partial charge in [0.05, 0.1) is 7.11 Å². The third kappa shape index (κ3) is 12.9. The van der Waals surface area contributed by atoms with Crippen LogP contribution in [0.5, 0.6) is 5.75 Å². The molecule has 25 heavy (non-hydrogen) atoms. The molecule has 1 aliphatic rings. The number of methoxy groups -OCH3 is 1. The molecule has 0 unspecified atom stereocenters. The third-order valence-corrected chi connectivity index (χ3v) is 3.95. The molecule has 0 aromatic heterocycles. The first-order valence-electron chi connectivity index (χ1n) is 7.96. The predicted octanol–water partition coefficient (Wildman–Crippen LogP) is 6.55. The van der Waals surface area contributed by atoms with Crippen molar-refractivity contribution in [3.63, 3.8) is 0 Å². The van der Waals surface area contributed by atoms with Gasteiger partial charge in [-0.05, 0) is 50.3 Å². The molecule has 0 aliphatic carbocycles. The first-order chi connectivity index (χ1) is 9.93. The van der Waals surface area contributed by atoms with Crippen LogP contribution in [0.25, 0.3) is 0 Å². The molecule has 1 aromatic rings. The minimum absolute atomic E-state index is 0. The van der Waals surface area contributed by atoms with Crippen molar-refractivity contribution in [3.8, 4) is 5.75 Å². The minimum atomic E-state index is -0.532. The van der Waals surface area contributed by atoms with Crippen molar-refractivity contribution in [2.75, 3.05) is 20.2 Å². The predicted molar refractivity (Wildman–Crippen MR) is 108 cm³/mol. The van der Waals surface area contributed by atoms with Gasteiger partial charge in [-0.3, -0.25) is 0 Å². The zero-order chi connectivity index (χ0) is 15.8. The van der Waals surface area contributed by atoms with Gasteiger partial charge in [-0.2, -0.15) is 0 Å². The Balaban J connectivity index is -0.000000152. The van der Waals surface area contributed by atoms with Crippen molar-refractivity contribution < 1.29 is 41.8 Å². The van der Waals surface area contributed by atoms with Crippen molar-refractivity contribution >= 4 is 0 Å². The van der Waals surface area contributed by atoms with E-state index in [1.807, 2.05) is 12.1 Å². The van der Waals surface area contributed by atoms with Crippen molar-refractivity contribution in [1.29, 1.82) is 0 Å². The molecule has 1 aromatic carbocycles. The topological polar surface area (TPSA) is 12.5 Å². The minimum Gasteiger partial charge on any atom is -0.497 e. The van der Waals surface area contributed by atoms with E-state index in [9.17, 15) is 4.39 Å². The number of hydrogen-bond acceptors (Lipinski definition) is 2. The van der Waals surface area contributed by atoms with E-state index in [0.717, 1.165) is 31.7 Å². The summed E-state index contributed by atoms with van der Waals surface area (Å²) in [6, 6.07) is 8.77. The largest absolute Gasteiger partial charge is 0.497 e. The van der Waals surface area contributed by atoms with Crippen molar-refractivity contribution in [2.45, 2.75) is 80.9 Å². The van der Waals surface area contributed by atoms with Gasteiger partial charge in [-0.25, -0.2) is 4.39 Å². The molecule has 147 valence electrons. The quantitative estimate of drug-likeness (QED) is 0.537. The second-order valence-electron chi connectivity index (χ2n) is 6.24. The van der Waals surface area contributed by atoms with E-state index in [1.165, 1.54) is 5.56 Å². The monoisotopic (exact) mass is 432 g/mol. The van der Waals surface area contributed by atoms with Gasteiger partial charge >= 0.3 is 0 Å². The maximum absolute atomic E-state index is 12.6. The molecule has 0 spiro atoms. The van der Waals surface area contributed by atoms with E-state index in [-0.39, 0.29) is 55.0 Å². The fourth-order valence-electron chi connectivity index (χ4n) is 2.38. The van der Waals surface area contributed by atoms with E-state index in [4.69, 9.17) is 4.74 Å². The summed E-state index contributed by atoms with van der Waals surface area (Å²) in [5, 5.41) is 0.